The maximum Gasteiger partial charge on any atom is 0.133 e. The largest absolute Gasteiger partial charge is 0.339 e. The Morgan fingerprint density at radius 2 is 2.00 bits per heavy atom. The molecule has 0 amide bonds. The molecule has 0 fully saturated rings. The van der Waals surface area contributed by atoms with E-state index in [-0.39, 0.29) is 0 Å². The fraction of sp³-hybridized carbons (Fsp3) is 0.0833. The van der Waals surface area contributed by atoms with Gasteiger partial charge in [-0.1, -0.05) is 23.2 Å². The van der Waals surface area contributed by atoms with Crippen LogP contribution in [0.4, 0.5) is 11.5 Å². The van der Waals surface area contributed by atoms with Gasteiger partial charge in [0.15, 0.2) is 0 Å². The van der Waals surface area contributed by atoms with Crippen molar-refractivity contribution >= 4 is 50.6 Å². The summed E-state index contributed by atoms with van der Waals surface area (Å²) < 4.78 is 0.947. The molecule has 0 bridgehead atoms. The van der Waals surface area contributed by atoms with E-state index >= 15 is 0 Å². The molecule has 1 N–H and O–H groups in total. The van der Waals surface area contributed by atoms with Crippen molar-refractivity contribution in [2.45, 2.75) is 6.92 Å². The number of anilines is 2. The zero-order valence-electron chi connectivity index (χ0n) is 8.97. The van der Waals surface area contributed by atoms with Gasteiger partial charge in [0.25, 0.3) is 0 Å². The molecule has 0 atom stereocenters. The van der Waals surface area contributed by atoms with E-state index in [0.717, 1.165) is 21.5 Å². The zero-order chi connectivity index (χ0) is 12.4. The van der Waals surface area contributed by atoms with Gasteiger partial charge in [-0.2, -0.15) is 0 Å². The molecule has 0 saturated heterocycles. The summed E-state index contributed by atoms with van der Waals surface area (Å²) in [4.78, 5) is 4.29. The van der Waals surface area contributed by atoms with E-state index < -0.39 is 0 Å². The molecule has 17 heavy (non-hydrogen) atoms. The zero-order valence-corrected chi connectivity index (χ0v) is 12.1. The Labute approximate surface area is 118 Å². The van der Waals surface area contributed by atoms with Crippen molar-refractivity contribution < 1.29 is 0 Å². The van der Waals surface area contributed by atoms with Gasteiger partial charge in [0.2, 0.25) is 0 Å². The molecule has 0 aliphatic heterocycles. The van der Waals surface area contributed by atoms with Gasteiger partial charge in [0.1, 0.15) is 5.82 Å². The normalized spacial score (nSPS) is 10.4. The number of hydrogen-bond acceptors (Lipinski definition) is 2. The predicted octanol–water partition coefficient (Wildman–Crippen LogP) is 5.20. The summed E-state index contributed by atoms with van der Waals surface area (Å²) in [7, 11) is 0. The standard InChI is InChI=1S/C12H9BrCl2N2/c1-7-4-8(13)6-16-12(7)17-11-3-2-9(14)5-10(11)15/h2-6H,1H3,(H,16,17). The minimum Gasteiger partial charge on any atom is -0.339 e. The van der Waals surface area contributed by atoms with Crippen molar-refractivity contribution in [2.75, 3.05) is 5.32 Å². The smallest absolute Gasteiger partial charge is 0.133 e. The lowest BCUT2D eigenvalue weighted by molar-refractivity contribution is 1.24. The van der Waals surface area contributed by atoms with Crippen LogP contribution in [0.3, 0.4) is 0 Å². The molecule has 0 radical (unpaired) electrons. The highest BCUT2D eigenvalue weighted by Gasteiger charge is 2.05. The van der Waals surface area contributed by atoms with E-state index in [1.165, 1.54) is 0 Å². The number of halogens is 3. The van der Waals surface area contributed by atoms with Crippen LogP contribution in [0.25, 0.3) is 0 Å². The van der Waals surface area contributed by atoms with Crippen molar-refractivity contribution in [3.63, 3.8) is 0 Å². The maximum atomic E-state index is 6.08. The van der Waals surface area contributed by atoms with Crippen LogP contribution in [-0.2, 0) is 0 Å². The van der Waals surface area contributed by atoms with Crippen LogP contribution >= 0.6 is 39.1 Å². The van der Waals surface area contributed by atoms with Crippen molar-refractivity contribution in [3.05, 3.63) is 50.5 Å². The Hall–Kier alpha value is -0.770. The monoisotopic (exact) mass is 330 g/mol. The Morgan fingerprint density at radius 3 is 2.65 bits per heavy atom. The SMILES string of the molecule is Cc1cc(Br)cnc1Nc1ccc(Cl)cc1Cl. The topological polar surface area (TPSA) is 24.9 Å². The van der Waals surface area contributed by atoms with Gasteiger partial charge in [0.05, 0.1) is 10.7 Å². The molecule has 2 aromatic rings. The van der Waals surface area contributed by atoms with E-state index in [1.54, 1.807) is 18.3 Å². The lowest BCUT2D eigenvalue weighted by atomic mass is 10.2. The van der Waals surface area contributed by atoms with Gasteiger partial charge in [-0.3, -0.25) is 0 Å². The molecular weight excluding hydrogens is 323 g/mol. The molecule has 2 rings (SSSR count). The molecular formula is C12H9BrCl2N2. The van der Waals surface area contributed by atoms with Crippen molar-refractivity contribution in [2.24, 2.45) is 0 Å². The second-order valence-electron chi connectivity index (χ2n) is 3.57. The minimum atomic E-state index is 0.571. The first-order chi connectivity index (χ1) is 8.06. The summed E-state index contributed by atoms with van der Waals surface area (Å²) in [6.45, 7) is 1.98. The van der Waals surface area contributed by atoms with Crippen LogP contribution in [0.1, 0.15) is 5.56 Å². The number of pyridine rings is 1. The summed E-state index contributed by atoms with van der Waals surface area (Å²) in [6.07, 6.45) is 1.74. The fourth-order valence-corrected chi connectivity index (χ4v) is 2.29. The maximum absolute atomic E-state index is 6.08. The number of hydrogen-bond donors (Lipinski definition) is 1. The van der Waals surface area contributed by atoms with E-state index in [1.807, 2.05) is 19.1 Å². The van der Waals surface area contributed by atoms with Crippen molar-refractivity contribution in [1.29, 1.82) is 0 Å². The summed E-state index contributed by atoms with van der Waals surface area (Å²) in [5.74, 6) is 0.775. The highest BCUT2D eigenvalue weighted by atomic mass is 79.9. The average Bonchev–Trinajstić information content (AvgIpc) is 2.25. The molecule has 1 heterocycles. The lowest BCUT2D eigenvalue weighted by Gasteiger charge is -2.10. The van der Waals surface area contributed by atoms with Crippen LogP contribution in [0.15, 0.2) is 34.9 Å². The molecule has 0 unspecified atom stereocenters. The van der Waals surface area contributed by atoms with Crippen LogP contribution in [0, 0.1) is 6.92 Å². The van der Waals surface area contributed by atoms with Crippen LogP contribution in [0.2, 0.25) is 10.0 Å². The molecule has 5 heteroatoms. The molecule has 0 aliphatic rings. The van der Waals surface area contributed by atoms with E-state index in [9.17, 15) is 0 Å². The summed E-state index contributed by atoms with van der Waals surface area (Å²) in [6, 6.07) is 7.29. The quantitative estimate of drug-likeness (QED) is 0.817. The predicted molar refractivity (Wildman–Crippen MR) is 76.4 cm³/mol. The summed E-state index contributed by atoms with van der Waals surface area (Å²) >= 11 is 15.3. The number of nitrogens with zero attached hydrogens (tertiary/aromatic N) is 1. The van der Waals surface area contributed by atoms with E-state index in [4.69, 9.17) is 23.2 Å². The van der Waals surface area contributed by atoms with Gasteiger partial charge < -0.3 is 5.32 Å². The number of rotatable bonds is 2. The molecule has 1 aromatic heterocycles. The number of benzene rings is 1. The third kappa shape index (κ3) is 3.12. The molecule has 1 aromatic carbocycles. The first-order valence-electron chi connectivity index (χ1n) is 4.90. The van der Waals surface area contributed by atoms with Gasteiger partial charge in [-0.15, -0.1) is 0 Å². The Morgan fingerprint density at radius 1 is 1.24 bits per heavy atom. The van der Waals surface area contributed by atoms with Crippen molar-refractivity contribution in [3.8, 4) is 0 Å². The number of nitrogens with one attached hydrogen (secondary N) is 1. The van der Waals surface area contributed by atoms with Crippen LogP contribution < -0.4 is 5.32 Å². The molecule has 2 nitrogen and oxygen atoms in total. The molecule has 0 saturated carbocycles. The van der Waals surface area contributed by atoms with Gasteiger partial charge >= 0.3 is 0 Å². The first-order valence-corrected chi connectivity index (χ1v) is 6.45. The molecule has 88 valence electrons. The van der Waals surface area contributed by atoms with Crippen LogP contribution in [0.5, 0.6) is 0 Å². The highest BCUT2D eigenvalue weighted by Crippen LogP contribution is 2.29. The Balaban J connectivity index is 2.31. The summed E-state index contributed by atoms with van der Waals surface area (Å²) in [5, 5.41) is 4.36. The minimum absolute atomic E-state index is 0.571. The Bertz CT molecular complexity index is 509. The van der Waals surface area contributed by atoms with E-state index in [0.29, 0.717) is 10.0 Å². The first kappa shape index (κ1) is 12.7. The highest BCUT2D eigenvalue weighted by molar-refractivity contribution is 9.10. The van der Waals surface area contributed by atoms with E-state index in [2.05, 4.69) is 26.2 Å². The average molecular weight is 332 g/mol. The van der Waals surface area contributed by atoms with Gasteiger partial charge in [0, 0.05) is 15.7 Å². The molecule has 0 aliphatic carbocycles. The second kappa shape index (κ2) is 5.25. The number of aryl methyl sites for hydroxylation is 1. The second-order valence-corrected chi connectivity index (χ2v) is 5.33. The van der Waals surface area contributed by atoms with Gasteiger partial charge in [-0.05, 0) is 52.7 Å². The third-order valence-electron chi connectivity index (χ3n) is 2.23. The van der Waals surface area contributed by atoms with Crippen molar-refractivity contribution in [1.82, 2.24) is 4.98 Å². The third-order valence-corrected chi connectivity index (χ3v) is 3.21. The fourth-order valence-electron chi connectivity index (χ4n) is 1.39. The number of aromatic nitrogens is 1. The van der Waals surface area contributed by atoms with Crippen LogP contribution in [-0.4, -0.2) is 4.98 Å². The Kier molecular flexibility index (Phi) is 3.92. The lowest BCUT2D eigenvalue weighted by Crippen LogP contribution is -1.96. The van der Waals surface area contributed by atoms with Gasteiger partial charge in [-0.25, -0.2) is 4.98 Å². The summed E-state index contributed by atoms with van der Waals surface area (Å²) in [5.41, 5.74) is 1.82. The molecule has 0 spiro atoms.